The SMILES string of the molecule is CCOC(=O)C(C)(C)OC1(C)CC=CS1. The highest BCUT2D eigenvalue weighted by atomic mass is 32.2. The van der Waals surface area contributed by atoms with Gasteiger partial charge in [0, 0.05) is 6.42 Å². The van der Waals surface area contributed by atoms with Crippen LogP contribution in [0.5, 0.6) is 0 Å². The maximum Gasteiger partial charge on any atom is 0.337 e. The molecule has 0 aromatic heterocycles. The van der Waals surface area contributed by atoms with Crippen molar-refractivity contribution in [3.05, 3.63) is 11.5 Å². The summed E-state index contributed by atoms with van der Waals surface area (Å²) in [5, 5.41) is 2.00. The molecule has 0 amide bonds. The Kier molecular flexibility index (Phi) is 3.84. The molecule has 1 aliphatic rings. The van der Waals surface area contributed by atoms with Crippen LogP contribution in [0, 0.1) is 0 Å². The first-order chi connectivity index (χ1) is 6.90. The largest absolute Gasteiger partial charge is 0.464 e. The minimum Gasteiger partial charge on any atom is -0.464 e. The van der Waals surface area contributed by atoms with Gasteiger partial charge in [0.1, 0.15) is 4.93 Å². The number of carbonyl (C=O) groups excluding carboxylic acids is 1. The van der Waals surface area contributed by atoms with Crippen LogP contribution in [0.2, 0.25) is 0 Å². The monoisotopic (exact) mass is 230 g/mol. The number of ether oxygens (including phenoxy) is 2. The lowest BCUT2D eigenvalue weighted by molar-refractivity contribution is -0.176. The second-order valence-electron chi connectivity index (χ2n) is 4.16. The maximum atomic E-state index is 11.6. The van der Waals surface area contributed by atoms with E-state index >= 15 is 0 Å². The van der Waals surface area contributed by atoms with Crippen molar-refractivity contribution in [2.24, 2.45) is 0 Å². The standard InChI is InChI=1S/C11H18O3S/c1-5-13-9(12)10(2,3)14-11(4)7-6-8-15-11/h6,8H,5,7H2,1-4H3. The Morgan fingerprint density at radius 2 is 2.27 bits per heavy atom. The Bertz CT molecular complexity index is 263. The van der Waals surface area contributed by atoms with E-state index < -0.39 is 5.60 Å². The molecular weight excluding hydrogens is 212 g/mol. The van der Waals surface area contributed by atoms with Crippen molar-refractivity contribution in [1.82, 2.24) is 0 Å². The van der Waals surface area contributed by atoms with Crippen LogP contribution in [-0.2, 0) is 14.3 Å². The lowest BCUT2D eigenvalue weighted by Crippen LogP contribution is -2.43. The molecule has 86 valence electrons. The van der Waals surface area contributed by atoms with Crippen LogP contribution in [0.25, 0.3) is 0 Å². The average molecular weight is 230 g/mol. The fourth-order valence-electron chi connectivity index (χ4n) is 1.45. The summed E-state index contributed by atoms with van der Waals surface area (Å²) >= 11 is 1.60. The van der Waals surface area contributed by atoms with Crippen molar-refractivity contribution in [3.8, 4) is 0 Å². The summed E-state index contributed by atoms with van der Waals surface area (Å²) < 4.78 is 10.8. The summed E-state index contributed by atoms with van der Waals surface area (Å²) in [6.45, 7) is 7.65. The molecular formula is C11H18O3S. The van der Waals surface area contributed by atoms with Gasteiger partial charge in [0.25, 0.3) is 0 Å². The van der Waals surface area contributed by atoms with E-state index in [-0.39, 0.29) is 10.9 Å². The van der Waals surface area contributed by atoms with Gasteiger partial charge in [-0.25, -0.2) is 4.79 Å². The lowest BCUT2D eigenvalue weighted by Gasteiger charge is -2.33. The van der Waals surface area contributed by atoms with Crippen LogP contribution < -0.4 is 0 Å². The van der Waals surface area contributed by atoms with Crippen LogP contribution in [0.4, 0.5) is 0 Å². The number of hydrogen-bond acceptors (Lipinski definition) is 4. The Morgan fingerprint density at radius 3 is 2.73 bits per heavy atom. The Morgan fingerprint density at radius 1 is 1.60 bits per heavy atom. The third kappa shape index (κ3) is 3.24. The maximum absolute atomic E-state index is 11.6. The van der Waals surface area contributed by atoms with Crippen LogP contribution in [0.1, 0.15) is 34.1 Å². The van der Waals surface area contributed by atoms with E-state index in [1.807, 2.05) is 18.4 Å². The predicted molar refractivity (Wildman–Crippen MR) is 61.6 cm³/mol. The summed E-state index contributed by atoms with van der Waals surface area (Å²) in [5.41, 5.74) is -0.885. The molecule has 4 heteroatoms. The first-order valence-corrected chi connectivity index (χ1v) is 5.98. The molecule has 0 aromatic carbocycles. The van der Waals surface area contributed by atoms with Gasteiger partial charge in [0.15, 0.2) is 5.60 Å². The summed E-state index contributed by atoms with van der Waals surface area (Å²) in [7, 11) is 0. The molecule has 1 aliphatic heterocycles. The average Bonchev–Trinajstić information content (AvgIpc) is 2.51. The van der Waals surface area contributed by atoms with E-state index in [1.165, 1.54) is 0 Å². The molecule has 0 saturated carbocycles. The Labute approximate surface area is 95.2 Å². The first-order valence-electron chi connectivity index (χ1n) is 5.10. The van der Waals surface area contributed by atoms with Crippen LogP contribution >= 0.6 is 11.8 Å². The summed E-state index contributed by atoms with van der Waals surface area (Å²) in [6.07, 6.45) is 2.87. The van der Waals surface area contributed by atoms with Crippen molar-refractivity contribution < 1.29 is 14.3 Å². The fraction of sp³-hybridized carbons (Fsp3) is 0.727. The number of rotatable bonds is 4. The van der Waals surface area contributed by atoms with E-state index in [9.17, 15) is 4.79 Å². The molecule has 1 unspecified atom stereocenters. The predicted octanol–water partition coefficient (Wildman–Crippen LogP) is 2.71. The molecule has 0 aromatic rings. The van der Waals surface area contributed by atoms with Gasteiger partial charge in [-0.05, 0) is 33.1 Å². The molecule has 1 atom stereocenters. The third-order valence-electron chi connectivity index (χ3n) is 2.14. The van der Waals surface area contributed by atoms with Gasteiger partial charge in [-0.2, -0.15) is 0 Å². The highest BCUT2D eigenvalue weighted by Gasteiger charge is 2.39. The van der Waals surface area contributed by atoms with Gasteiger partial charge in [-0.1, -0.05) is 17.8 Å². The highest BCUT2D eigenvalue weighted by Crippen LogP contribution is 2.40. The molecule has 0 saturated heterocycles. The smallest absolute Gasteiger partial charge is 0.337 e. The second-order valence-corrected chi connectivity index (χ2v) is 5.53. The highest BCUT2D eigenvalue weighted by molar-refractivity contribution is 8.03. The number of carbonyl (C=O) groups is 1. The number of hydrogen-bond donors (Lipinski definition) is 0. The van der Waals surface area contributed by atoms with E-state index in [2.05, 4.69) is 0 Å². The van der Waals surface area contributed by atoms with Gasteiger partial charge in [0.05, 0.1) is 6.61 Å². The molecule has 0 bridgehead atoms. The topological polar surface area (TPSA) is 35.5 Å². The van der Waals surface area contributed by atoms with E-state index in [0.29, 0.717) is 6.61 Å². The number of esters is 1. The van der Waals surface area contributed by atoms with Gasteiger partial charge in [0.2, 0.25) is 0 Å². The van der Waals surface area contributed by atoms with Crippen molar-refractivity contribution in [1.29, 1.82) is 0 Å². The van der Waals surface area contributed by atoms with Gasteiger partial charge >= 0.3 is 5.97 Å². The van der Waals surface area contributed by atoms with E-state index in [1.54, 1.807) is 32.5 Å². The zero-order valence-electron chi connectivity index (χ0n) is 9.70. The fourth-order valence-corrected chi connectivity index (χ4v) is 2.38. The summed E-state index contributed by atoms with van der Waals surface area (Å²) in [5.74, 6) is -0.307. The van der Waals surface area contributed by atoms with Crippen LogP contribution in [0.15, 0.2) is 11.5 Å². The minimum atomic E-state index is -0.885. The van der Waals surface area contributed by atoms with Gasteiger partial charge < -0.3 is 9.47 Å². The van der Waals surface area contributed by atoms with Crippen molar-refractivity contribution in [2.75, 3.05) is 6.61 Å². The summed E-state index contributed by atoms with van der Waals surface area (Å²) in [4.78, 5) is 11.3. The minimum absolute atomic E-state index is 0.307. The van der Waals surface area contributed by atoms with E-state index in [0.717, 1.165) is 6.42 Å². The molecule has 0 aliphatic carbocycles. The summed E-state index contributed by atoms with van der Waals surface area (Å²) in [6, 6.07) is 0. The molecule has 1 rings (SSSR count). The molecule has 1 heterocycles. The zero-order valence-corrected chi connectivity index (χ0v) is 10.5. The van der Waals surface area contributed by atoms with Crippen molar-refractivity contribution >= 4 is 17.7 Å². The Hall–Kier alpha value is -0.480. The molecule has 0 N–H and O–H groups in total. The van der Waals surface area contributed by atoms with Crippen LogP contribution in [-0.4, -0.2) is 23.1 Å². The quantitative estimate of drug-likeness (QED) is 0.696. The third-order valence-corrected chi connectivity index (χ3v) is 3.22. The molecule has 3 nitrogen and oxygen atoms in total. The molecule has 0 radical (unpaired) electrons. The first kappa shape index (κ1) is 12.6. The van der Waals surface area contributed by atoms with Crippen LogP contribution in [0.3, 0.4) is 0 Å². The van der Waals surface area contributed by atoms with Gasteiger partial charge in [-0.15, -0.1) is 0 Å². The second kappa shape index (κ2) is 4.58. The molecule has 15 heavy (non-hydrogen) atoms. The lowest BCUT2D eigenvalue weighted by atomic mass is 10.1. The van der Waals surface area contributed by atoms with Crippen molar-refractivity contribution in [2.45, 2.75) is 44.6 Å². The Balaban J connectivity index is 2.59. The van der Waals surface area contributed by atoms with Crippen molar-refractivity contribution in [3.63, 3.8) is 0 Å². The van der Waals surface area contributed by atoms with Gasteiger partial charge in [-0.3, -0.25) is 0 Å². The molecule has 0 fully saturated rings. The normalized spacial score (nSPS) is 25.6. The zero-order chi connectivity index (χ0) is 11.5. The number of thioether (sulfide) groups is 1. The molecule has 0 spiro atoms. The van der Waals surface area contributed by atoms with E-state index in [4.69, 9.17) is 9.47 Å².